The summed E-state index contributed by atoms with van der Waals surface area (Å²) in [7, 11) is 0. The summed E-state index contributed by atoms with van der Waals surface area (Å²) in [6.45, 7) is 4.39. The van der Waals surface area contributed by atoms with E-state index in [9.17, 15) is 0 Å². The molecule has 16 heavy (non-hydrogen) atoms. The van der Waals surface area contributed by atoms with Crippen LogP contribution in [0.5, 0.6) is 0 Å². The highest BCUT2D eigenvalue weighted by Gasteiger charge is 2.51. The molecule has 3 rings (SSSR count). The van der Waals surface area contributed by atoms with E-state index in [4.69, 9.17) is 10.7 Å². The predicted octanol–water partition coefficient (Wildman–Crippen LogP) is 3.24. The highest BCUT2D eigenvalue weighted by molar-refractivity contribution is 7.09. The minimum atomic E-state index is -0.0826. The highest BCUT2D eigenvalue weighted by atomic mass is 32.1. The molecule has 88 valence electrons. The quantitative estimate of drug-likeness (QED) is 0.856. The molecule has 0 aromatic carbocycles. The third-order valence-electron chi connectivity index (χ3n) is 4.41. The molecule has 3 unspecified atom stereocenters. The molecular formula is C13H20N2S. The highest BCUT2D eigenvalue weighted by Crippen LogP contribution is 2.54. The fourth-order valence-corrected chi connectivity index (χ4v) is 4.58. The van der Waals surface area contributed by atoms with Gasteiger partial charge in [-0.3, -0.25) is 0 Å². The molecule has 2 N–H and O–H groups in total. The average molecular weight is 236 g/mol. The number of rotatable bonds is 2. The van der Waals surface area contributed by atoms with Gasteiger partial charge in [0.05, 0.1) is 11.2 Å². The van der Waals surface area contributed by atoms with Crippen LogP contribution in [0.4, 0.5) is 0 Å². The number of nitrogens with zero attached hydrogens (tertiary/aromatic N) is 1. The van der Waals surface area contributed by atoms with Crippen molar-refractivity contribution in [2.75, 3.05) is 0 Å². The smallest absolute Gasteiger partial charge is 0.113 e. The van der Waals surface area contributed by atoms with Crippen molar-refractivity contribution in [1.29, 1.82) is 0 Å². The fourth-order valence-electron chi connectivity index (χ4n) is 3.40. The predicted molar refractivity (Wildman–Crippen MR) is 67.5 cm³/mol. The molecule has 0 amide bonds. The van der Waals surface area contributed by atoms with E-state index in [-0.39, 0.29) is 5.54 Å². The lowest BCUT2D eigenvalue weighted by molar-refractivity contribution is 0.275. The van der Waals surface area contributed by atoms with Crippen LogP contribution in [0.25, 0.3) is 0 Å². The second-order valence-electron chi connectivity index (χ2n) is 5.85. The topological polar surface area (TPSA) is 38.9 Å². The van der Waals surface area contributed by atoms with Gasteiger partial charge in [-0.1, -0.05) is 20.3 Å². The van der Waals surface area contributed by atoms with Crippen molar-refractivity contribution < 1.29 is 0 Å². The van der Waals surface area contributed by atoms with Crippen LogP contribution in [-0.2, 0) is 5.54 Å². The van der Waals surface area contributed by atoms with Crippen molar-refractivity contribution in [2.24, 2.45) is 17.6 Å². The summed E-state index contributed by atoms with van der Waals surface area (Å²) >= 11 is 1.78. The monoisotopic (exact) mass is 236 g/mol. The van der Waals surface area contributed by atoms with Crippen LogP contribution >= 0.6 is 11.3 Å². The summed E-state index contributed by atoms with van der Waals surface area (Å²) in [5.74, 6) is 2.09. The molecule has 3 atom stereocenters. The zero-order valence-corrected chi connectivity index (χ0v) is 10.9. The summed E-state index contributed by atoms with van der Waals surface area (Å²) in [5.41, 5.74) is 7.76. The first-order valence-corrected chi connectivity index (χ1v) is 7.22. The Balaban J connectivity index is 1.91. The SMILES string of the molecule is CC(C)c1csc(C2(N)CC3CCC2C3)n1. The van der Waals surface area contributed by atoms with Crippen molar-refractivity contribution in [3.05, 3.63) is 16.1 Å². The Morgan fingerprint density at radius 1 is 1.50 bits per heavy atom. The van der Waals surface area contributed by atoms with Gasteiger partial charge in [-0.15, -0.1) is 11.3 Å². The van der Waals surface area contributed by atoms with Gasteiger partial charge in [0.25, 0.3) is 0 Å². The third-order valence-corrected chi connectivity index (χ3v) is 5.46. The Labute approximate surface area is 101 Å². The zero-order chi connectivity index (χ0) is 11.3. The van der Waals surface area contributed by atoms with Crippen LogP contribution in [0.2, 0.25) is 0 Å². The average Bonchev–Trinajstić information content (AvgIpc) is 2.91. The third kappa shape index (κ3) is 1.45. The van der Waals surface area contributed by atoms with Crippen molar-refractivity contribution in [3.8, 4) is 0 Å². The van der Waals surface area contributed by atoms with E-state index in [0.717, 1.165) is 5.92 Å². The maximum Gasteiger partial charge on any atom is 0.113 e. The van der Waals surface area contributed by atoms with E-state index >= 15 is 0 Å². The molecule has 1 heterocycles. The number of aromatic nitrogens is 1. The molecule has 1 aromatic rings. The number of hydrogen-bond acceptors (Lipinski definition) is 3. The van der Waals surface area contributed by atoms with Gasteiger partial charge in [0, 0.05) is 5.38 Å². The van der Waals surface area contributed by atoms with E-state index < -0.39 is 0 Å². The van der Waals surface area contributed by atoms with Crippen LogP contribution in [-0.4, -0.2) is 4.98 Å². The second kappa shape index (κ2) is 3.54. The molecule has 0 saturated heterocycles. The van der Waals surface area contributed by atoms with Crippen LogP contribution in [0.15, 0.2) is 5.38 Å². The normalized spacial score (nSPS) is 37.5. The minimum absolute atomic E-state index is 0.0826. The van der Waals surface area contributed by atoms with Gasteiger partial charge in [0.2, 0.25) is 0 Å². The first kappa shape index (κ1) is 10.7. The second-order valence-corrected chi connectivity index (χ2v) is 6.71. The molecule has 3 heteroatoms. The molecule has 0 aliphatic heterocycles. The molecule has 0 spiro atoms. The molecular weight excluding hydrogens is 216 g/mol. The number of fused-ring (bicyclic) bond motifs is 2. The molecule has 1 aromatic heterocycles. The lowest BCUT2D eigenvalue weighted by atomic mass is 9.82. The number of thiazole rings is 1. The number of nitrogens with two attached hydrogens (primary N) is 1. The first-order chi connectivity index (χ1) is 7.59. The van der Waals surface area contributed by atoms with Crippen molar-refractivity contribution in [1.82, 2.24) is 4.98 Å². The molecule has 2 bridgehead atoms. The molecule has 2 saturated carbocycles. The number of hydrogen-bond donors (Lipinski definition) is 1. The molecule has 2 nitrogen and oxygen atoms in total. The van der Waals surface area contributed by atoms with E-state index in [1.807, 2.05) is 0 Å². The zero-order valence-electron chi connectivity index (χ0n) is 10.1. The van der Waals surface area contributed by atoms with E-state index in [0.29, 0.717) is 11.8 Å². The lowest BCUT2D eigenvalue weighted by Gasteiger charge is -2.31. The van der Waals surface area contributed by atoms with Crippen LogP contribution in [0.3, 0.4) is 0 Å². The van der Waals surface area contributed by atoms with Gasteiger partial charge in [-0.2, -0.15) is 0 Å². The maximum absolute atomic E-state index is 6.63. The first-order valence-electron chi connectivity index (χ1n) is 6.34. The van der Waals surface area contributed by atoms with Gasteiger partial charge in [-0.05, 0) is 37.0 Å². The summed E-state index contributed by atoms with van der Waals surface area (Å²) < 4.78 is 0. The summed E-state index contributed by atoms with van der Waals surface area (Å²) in [5, 5.41) is 3.39. The Morgan fingerprint density at radius 3 is 2.81 bits per heavy atom. The maximum atomic E-state index is 6.63. The van der Waals surface area contributed by atoms with Gasteiger partial charge in [-0.25, -0.2) is 4.98 Å². The van der Waals surface area contributed by atoms with Crippen LogP contribution in [0, 0.1) is 11.8 Å². The van der Waals surface area contributed by atoms with Gasteiger partial charge in [0.1, 0.15) is 5.01 Å². The van der Waals surface area contributed by atoms with Crippen LogP contribution < -0.4 is 5.73 Å². The Bertz CT molecular complexity index is 398. The van der Waals surface area contributed by atoms with Gasteiger partial charge < -0.3 is 5.73 Å². The largest absolute Gasteiger partial charge is 0.319 e. The van der Waals surface area contributed by atoms with Crippen LogP contribution in [0.1, 0.15) is 56.2 Å². The van der Waals surface area contributed by atoms with Crippen molar-refractivity contribution in [2.45, 2.75) is 51.0 Å². The van der Waals surface area contributed by atoms with Crippen molar-refractivity contribution in [3.63, 3.8) is 0 Å². The molecule has 2 fully saturated rings. The fraction of sp³-hybridized carbons (Fsp3) is 0.769. The lowest BCUT2D eigenvalue weighted by Crippen LogP contribution is -2.41. The van der Waals surface area contributed by atoms with Gasteiger partial charge in [0.15, 0.2) is 0 Å². The van der Waals surface area contributed by atoms with E-state index in [1.54, 1.807) is 11.3 Å². The Morgan fingerprint density at radius 2 is 2.31 bits per heavy atom. The molecule has 0 radical (unpaired) electrons. The Kier molecular flexibility index (Phi) is 2.37. The van der Waals surface area contributed by atoms with E-state index in [2.05, 4.69) is 19.2 Å². The summed E-state index contributed by atoms with van der Waals surface area (Å²) in [6, 6.07) is 0. The van der Waals surface area contributed by atoms with Gasteiger partial charge >= 0.3 is 0 Å². The molecule has 2 aliphatic rings. The van der Waals surface area contributed by atoms with Crippen molar-refractivity contribution >= 4 is 11.3 Å². The molecule has 2 aliphatic carbocycles. The Hall–Kier alpha value is -0.410. The standard InChI is InChI=1S/C13H20N2S/c1-8(2)11-7-16-12(15-11)13(14)6-9-3-4-10(13)5-9/h7-10H,3-6,14H2,1-2H3. The summed E-state index contributed by atoms with van der Waals surface area (Å²) in [4.78, 5) is 4.78. The summed E-state index contributed by atoms with van der Waals surface area (Å²) in [6.07, 6.45) is 5.22. The van der Waals surface area contributed by atoms with E-state index in [1.165, 1.54) is 36.4 Å². The minimum Gasteiger partial charge on any atom is -0.319 e.